The second-order valence-corrected chi connectivity index (χ2v) is 12.8. The van der Waals surface area contributed by atoms with Gasteiger partial charge in [-0.2, -0.15) is 18.7 Å². The van der Waals surface area contributed by atoms with E-state index in [2.05, 4.69) is 37.8 Å². The molecule has 2 aromatic rings. The molecule has 0 aliphatic carbocycles. The maximum absolute atomic E-state index is 13.1. The quantitative estimate of drug-likeness (QED) is 0.435. The molecule has 1 aromatic heterocycles. The zero-order valence-electron chi connectivity index (χ0n) is 22.9. The molecule has 0 N–H and O–H groups in total. The van der Waals surface area contributed by atoms with Gasteiger partial charge in [-0.15, -0.1) is 0 Å². The molecule has 0 bridgehead atoms. The number of likely N-dealkylation sites (N-methyl/N-ethyl adjacent to an activating group) is 1. The maximum atomic E-state index is 13.1. The number of halogens is 3. The van der Waals surface area contributed by atoms with E-state index < -0.39 is 12.2 Å². The largest absolute Gasteiger partial charge is 0.462 e. The van der Waals surface area contributed by atoms with Crippen LogP contribution in [0.5, 0.6) is 11.8 Å². The molecular formula is C27H36BrF2N5O4. The zero-order valence-corrected chi connectivity index (χ0v) is 24.5. The maximum Gasteiger partial charge on any atom is 0.410 e. The van der Waals surface area contributed by atoms with Gasteiger partial charge in [-0.1, -0.05) is 0 Å². The zero-order chi connectivity index (χ0) is 27.9. The van der Waals surface area contributed by atoms with E-state index in [1.807, 2.05) is 20.8 Å². The Bertz CT molecular complexity index is 1210. The molecular weight excluding hydrogens is 576 g/mol. The van der Waals surface area contributed by atoms with Crippen LogP contribution >= 0.6 is 15.9 Å². The Morgan fingerprint density at radius 3 is 2.51 bits per heavy atom. The number of benzene rings is 1. The van der Waals surface area contributed by atoms with Crippen LogP contribution in [-0.4, -0.2) is 90.5 Å². The highest BCUT2D eigenvalue weighted by Gasteiger charge is 2.48. The number of hydrogen-bond acceptors (Lipinski definition) is 8. The monoisotopic (exact) mass is 611 g/mol. The minimum Gasteiger partial charge on any atom is -0.462 e. The van der Waals surface area contributed by atoms with Gasteiger partial charge in [0.1, 0.15) is 23.8 Å². The molecule has 4 heterocycles. The summed E-state index contributed by atoms with van der Waals surface area (Å²) in [6.45, 7) is 6.93. The first kappa shape index (κ1) is 28.1. The number of aromatic nitrogens is 2. The summed E-state index contributed by atoms with van der Waals surface area (Å²) in [6.07, 6.45) is 3.67. The lowest BCUT2D eigenvalue weighted by Crippen LogP contribution is -2.62. The van der Waals surface area contributed by atoms with Crippen LogP contribution in [-0.2, 0) is 4.74 Å². The van der Waals surface area contributed by atoms with Crippen molar-refractivity contribution in [3.05, 3.63) is 16.6 Å². The summed E-state index contributed by atoms with van der Waals surface area (Å²) in [7, 11) is 2.09. The second kappa shape index (κ2) is 10.8. The normalized spacial score (nSPS) is 21.5. The molecule has 12 heteroatoms. The van der Waals surface area contributed by atoms with Crippen molar-refractivity contribution >= 4 is 38.7 Å². The highest BCUT2D eigenvalue weighted by Crippen LogP contribution is 2.43. The Balaban J connectivity index is 1.35. The Morgan fingerprint density at radius 1 is 1.18 bits per heavy atom. The average molecular weight is 613 g/mol. The predicted octanol–water partition coefficient (Wildman–Crippen LogP) is 5.30. The van der Waals surface area contributed by atoms with Gasteiger partial charge in [-0.3, -0.25) is 0 Å². The highest BCUT2D eigenvalue weighted by molar-refractivity contribution is 9.10. The van der Waals surface area contributed by atoms with Crippen LogP contribution in [0.4, 0.5) is 19.4 Å². The smallest absolute Gasteiger partial charge is 0.410 e. The molecule has 39 heavy (non-hydrogen) atoms. The lowest BCUT2D eigenvalue weighted by Gasteiger charge is -2.53. The topological polar surface area (TPSA) is 80.3 Å². The van der Waals surface area contributed by atoms with Crippen LogP contribution in [0.3, 0.4) is 0 Å². The van der Waals surface area contributed by atoms with Crippen molar-refractivity contribution in [2.45, 2.75) is 64.7 Å². The summed E-state index contributed by atoms with van der Waals surface area (Å²) in [4.78, 5) is 28.0. The second-order valence-electron chi connectivity index (χ2n) is 11.9. The summed E-state index contributed by atoms with van der Waals surface area (Å²) in [5.41, 5.74) is 0.116. The van der Waals surface area contributed by atoms with E-state index in [1.54, 1.807) is 17.0 Å². The molecule has 3 aliphatic rings. The van der Waals surface area contributed by atoms with Gasteiger partial charge in [0.2, 0.25) is 0 Å². The van der Waals surface area contributed by atoms with E-state index >= 15 is 0 Å². The van der Waals surface area contributed by atoms with Crippen LogP contribution < -0.4 is 14.4 Å². The standard InChI is InChI=1S/C27H36BrF2N5O4/c1-26(2,3)39-25(36)35-15-27(16-35)7-10-34(11-8-27)22-18-12-21(38-23(29)30)19(28)13-20(18)31-24(32-22)37-14-17-6-5-9-33(17)4/h12-13,17,23H,5-11,14-16H2,1-4H3/t17-/m0/s1. The number of likely N-dealkylation sites (tertiary alicyclic amines) is 2. The van der Waals surface area contributed by atoms with E-state index in [4.69, 9.17) is 19.2 Å². The van der Waals surface area contributed by atoms with Crippen molar-refractivity contribution < 1.29 is 27.8 Å². The number of hydrogen-bond donors (Lipinski definition) is 0. The third-order valence-electron chi connectivity index (χ3n) is 7.83. The number of fused-ring (bicyclic) bond motifs is 1. The van der Waals surface area contributed by atoms with Gasteiger partial charge in [0.15, 0.2) is 0 Å². The minimum atomic E-state index is -2.95. The Labute approximate surface area is 235 Å². The summed E-state index contributed by atoms with van der Waals surface area (Å²) in [6, 6.07) is 3.81. The van der Waals surface area contributed by atoms with E-state index in [-0.39, 0.29) is 23.3 Å². The minimum absolute atomic E-state index is 0.0315. The van der Waals surface area contributed by atoms with Crippen LogP contribution in [0, 0.1) is 5.41 Å². The first-order valence-corrected chi connectivity index (χ1v) is 14.2. The lowest BCUT2D eigenvalue weighted by atomic mass is 9.72. The van der Waals surface area contributed by atoms with Crippen LogP contribution in [0.15, 0.2) is 16.6 Å². The third kappa shape index (κ3) is 6.32. The number of alkyl halides is 2. The summed E-state index contributed by atoms with van der Waals surface area (Å²) in [5.74, 6) is 0.670. The van der Waals surface area contributed by atoms with Gasteiger partial charge in [0.05, 0.1) is 9.99 Å². The van der Waals surface area contributed by atoms with Crippen LogP contribution in [0.1, 0.15) is 46.5 Å². The first-order valence-electron chi connectivity index (χ1n) is 13.4. The molecule has 1 amide bonds. The fourth-order valence-corrected chi connectivity index (χ4v) is 6.10. The van der Waals surface area contributed by atoms with Crippen LogP contribution in [0.2, 0.25) is 0 Å². The van der Waals surface area contributed by atoms with Crippen molar-refractivity contribution in [3.8, 4) is 11.8 Å². The van der Waals surface area contributed by atoms with E-state index in [0.717, 1.165) is 32.2 Å². The van der Waals surface area contributed by atoms with Crippen molar-refractivity contribution in [2.75, 3.05) is 51.3 Å². The number of amides is 1. The number of rotatable bonds is 6. The van der Waals surface area contributed by atoms with Gasteiger partial charge in [-0.05, 0) is 88.1 Å². The Hall–Kier alpha value is -2.47. The molecule has 3 saturated heterocycles. The summed E-state index contributed by atoms with van der Waals surface area (Å²) in [5, 5.41) is 0.624. The van der Waals surface area contributed by atoms with Gasteiger partial charge >= 0.3 is 18.7 Å². The van der Waals surface area contributed by atoms with Crippen molar-refractivity contribution in [2.24, 2.45) is 5.41 Å². The molecule has 5 rings (SSSR count). The summed E-state index contributed by atoms with van der Waals surface area (Å²) >= 11 is 3.34. The van der Waals surface area contributed by atoms with E-state index in [1.165, 1.54) is 0 Å². The van der Waals surface area contributed by atoms with Crippen molar-refractivity contribution in [1.82, 2.24) is 19.8 Å². The number of nitrogens with zero attached hydrogens (tertiary/aromatic N) is 5. The fourth-order valence-electron chi connectivity index (χ4n) is 5.67. The molecule has 1 aromatic carbocycles. The Kier molecular flexibility index (Phi) is 7.80. The Morgan fingerprint density at radius 2 is 1.90 bits per heavy atom. The summed E-state index contributed by atoms with van der Waals surface area (Å²) < 4.78 is 42.8. The number of ether oxygens (including phenoxy) is 3. The molecule has 3 aliphatic heterocycles. The van der Waals surface area contributed by atoms with Gasteiger partial charge < -0.3 is 28.9 Å². The van der Waals surface area contributed by atoms with Crippen molar-refractivity contribution in [1.29, 1.82) is 0 Å². The average Bonchev–Trinajstić information content (AvgIpc) is 3.24. The fraction of sp³-hybridized carbons (Fsp3) is 0.667. The van der Waals surface area contributed by atoms with Crippen molar-refractivity contribution in [3.63, 3.8) is 0 Å². The molecule has 9 nitrogen and oxygen atoms in total. The van der Waals surface area contributed by atoms with E-state index in [0.29, 0.717) is 60.0 Å². The molecule has 0 radical (unpaired) electrons. The molecule has 1 spiro atoms. The number of carbonyl (C=O) groups excluding carboxylic acids is 1. The van der Waals surface area contributed by atoms with Gasteiger partial charge in [-0.25, -0.2) is 4.79 Å². The SMILES string of the molecule is CN1CCC[C@H]1COc1nc(N2CCC3(CC2)CN(C(=O)OC(C)(C)C)C3)c2cc(OC(F)F)c(Br)cc2n1. The number of piperidine rings is 1. The lowest BCUT2D eigenvalue weighted by molar-refractivity contribution is -0.0502. The molecule has 214 valence electrons. The highest BCUT2D eigenvalue weighted by atomic mass is 79.9. The van der Waals surface area contributed by atoms with Crippen LogP contribution in [0.25, 0.3) is 10.9 Å². The molecule has 0 unspecified atom stereocenters. The first-order chi connectivity index (χ1) is 18.4. The predicted molar refractivity (Wildman–Crippen MR) is 147 cm³/mol. The third-order valence-corrected chi connectivity index (χ3v) is 8.45. The molecule has 1 atom stereocenters. The van der Waals surface area contributed by atoms with E-state index in [9.17, 15) is 13.6 Å². The van der Waals surface area contributed by atoms with Gasteiger partial charge in [0.25, 0.3) is 0 Å². The number of carbonyl (C=O) groups is 1. The van der Waals surface area contributed by atoms with Gasteiger partial charge in [0, 0.05) is 43.0 Å². The molecule has 3 fully saturated rings. The molecule has 0 saturated carbocycles. The number of anilines is 1.